The fourth-order valence-electron chi connectivity index (χ4n) is 3.74. The normalized spacial score (nSPS) is 16.6. The highest BCUT2D eigenvalue weighted by Crippen LogP contribution is 2.31. The van der Waals surface area contributed by atoms with Gasteiger partial charge in [0, 0.05) is 31.6 Å². The number of para-hydroxylation sites is 2. The van der Waals surface area contributed by atoms with Gasteiger partial charge < -0.3 is 15.0 Å². The van der Waals surface area contributed by atoms with E-state index in [1.165, 1.54) is 0 Å². The number of hydrogen-bond acceptors (Lipinski definition) is 5. The molecule has 1 saturated heterocycles. The molecule has 0 bridgehead atoms. The van der Waals surface area contributed by atoms with Crippen LogP contribution in [0, 0.1) is 0 Å². The highest BCUT2D eigenvalue weighted by atomic mass is 16.5. The fraction of sp³-hybridized carbons (Fsp3) is 0.318. The monoisotopic (exact) mass is 391 g/mol. The molecule has 1 amide bonds. The van der Waals surface area contributed by atoms with Crippen LogP contribution in [-0.2, 0) is 6.42 Å². The van der Waals surface area contributed by atoms with Gasteiger partial charge in [-0.1, -0.05) is 43.3 Å². The number of nitrogens with one attached hydrogen (secondary N) is 1. The van der Waals surface area contributed by atoms with E-state index in [2.05, 4.69) is 15.4 Å². The van der Waals surface area contributed by atoms with Gasteiger partial charge in [-0.2, -0.15) is 0 Å². The zero-order chi connectivity index (χ0) is 20.2. The standard InChI is InChI=1S/C22H25N5O2/c1-3-20-24-21(25-27(20)16-9-5-4-6-10-16)22(28)26-14-13-23-15-18(26)17-11-7-8-12-19(17)29-2/h4-12,18,23H,3,13-15H2,1-2H3. The molecule has 7 nitrogen and oxygen atoms in total. The topological polar surface area (TPSA) is 72.3 Å². The third-order valence-electron chi connectivity index (χ3n) is 5.18. The molecule has 150 valence electrons. The van der Waals surface area contributed by atoms with Crippen molar-refractivity contribution in [1.82, 2.24) is 25.0 Å². The molecule has 1 N–H and O–H groups in total. The molecule has 2 aromatic carbocycles. The summed E-state index contributed by atoms with van der Waals surface area (Å²) in [5, 5.41) is 7.94. The number of piperazine rings is 1. The van der Waals surface area contributed by atoms with E-state index in [0.29, 0.717) is 19.5 Å². The first-order valence-corrected chi connectivity index (χ1v) is 9.89. The van der Waals surface area contributed by atoms with Crippen LogP contribution < -0.4 is 10.1 Å². The maximum atomic E-state index is 13.4. The first-order chi connectivity index (χ1) is 14.2. The van der Waals surface area contributed by atoms with Crippen molar-refractivity contribution in [3.05, 3.63) is 71.8 Å². The van der Waals surface area contributed by atoms with Gasteiger partial charge in [0.15, 0.2) is 0 Å². The number of amides is 1. The number of carbonyl (C=O) groups is 1. The van der Waals surface area contributed by atoms with E-state index in [9.17, 15) is 4.79 Å². The number of benzene rings is 2. The summed E-state index contributed by atoms with van der Waals surface area (Å²) in [4.78, 5) is 19.8. The van der Waals surface area contributed by atoms with Crippen LogP contribution in [0.4, 0.5) is 0 Å². The number of rotatable bonds is 5. The molecule has 0 radical (unpaired) electrons. The molecule has 7 heteroatoms. The largest absolute Gasteiger partial charge is 0.496 e. The van der Waals surface area contributed by atoms with Crippen LogP contribution in [0.3, 0.4) is 0 Å². The van der Waals surface area contributed by atoms with Crippen LogP contribution >= 0.6 is 0 Å². The van der Waals surface area contributed by atoms with E-state index < -0.39 is 0 Å². The van der Waals surface area contributed by atoms with Gasteiger partial charge in [-0.25, -0.2) is 9.67 Å². The van der Waals surface area contributed by atoms with E-state index in [-0.39, 0.29) is 17.8 Å². The second kappa shape index (κ2) is 8.45. The molecular weight excluding hydrogens is 366 g/mol. The number of ether oxygens (including phenoxy) is 1. The van der Waals surface area contributed by atoms with Crippen LogP contribution in [0.25, 0.3) is 5.69 Å². The van der Waals surface area contributed by atoms with Crippen molar-refractivity contribution >= 4 is 5.91 Å². The summed E-state index contributed by atoms with van der Waals surface area (Å²) >= 11 is 0. The number of carbonyl (C=O) groups excluding carboxylic acids is 1. The molecule has 1 fully saturated rings. The van der Waals surface area contributed by atoms with Crippen molar-refractivity contribution in [2.45, 2.75) is 19.4 Å². The average molecular weight is 391 g/mol. The second-order valence-electron chi connectivity index (χ2n) is 6.91. The fourth-order valence-corrected chi connectivity index (χ4v) is 3.74. The number of hydrogen-bond donors (Lipinski definition) is 1. The van der Waals surface area contributed by atoms with Crippen molar-refractivity contribution < 1.29 is 9.53 Å². The minimum Gasteiger partial charge on any atom is -0.496 e. The summed E-state index contributed by atoms with van der Waals surface area (Å²) in [7, 11) is 1.65. The summed E-state index contributed by atoms with van der Waals surface area (Å²) in [6.07, 6.45) is 0.687. The van der Waals surface area contributed by atoms with Crippen molar-refractivity contribution in [3.63, 3.8) is 0 Å². The summed E-state index contributed by atoms with van der Waals surface area (Å²) < 4.78 is 7.29. The zero-order valence-corrected chi connectivity index (χ0v) is 16.7. The molecule has 3 aromatic rings. The van der Waals surface area contributed by atoms with Crippen molar-refractivity contribution in [1.29, 1.82) is 0 Å². The van der Waals surface area contributed by atoms with Crippen LogP contribution in [0.2, 0.25) is 0 Å². The van der Waals surface area contributed by atoms with E-state index >= 15 is 0 Å². The lowest BCUT2D eigenvalue weighted by atomic mass is 10.0. The van der Waals surface area contributed by atoms with Gasteiger partial charge in [-0.05, 0) is 18.2 Å². The quantitative estimate of drug-likeness (QED) is 0.724. The van der Waals surface area contributed by atoms with Gasteiger partial charge in [-0.3, -0.25) is 4.79 Å². The Morgan fingerprint density at radius 2 is 1.93 bits per heavy atom. The van der Waals surface area contributed by atoms with Gasteiger partial charge >= 0.3 is 0 Å². The van der Waals surface area contributed by atoms with Gasteiger partial charge in [0.2, 0.25) is 5.82 Å². The first kappa shape index (κ1) is 19.1. The van der Waals surface area contributed by atoms with Gasteiger partial charge in [0.1, 0.15) is 11.6 Å². The third kappa shape index (κ3) is 3.73. The molecule has 1 atom stereocenters. The molecule has 0 spiro atoms. The Morgan fingerprint density at radius 3 is 2.69 bits per heavy atom. The molecule has 4 rings (SSSR count). The molecular formula is C22H25N5O2. The lowest BCUT2D eigenvalue weighted by Gasteiger charge is -2.36. The molecule has 0 aliphatic carbocycles. The minimum absolute atomic E-state index is 0.138. The molecule has 0 saturated carbocycles. The first-order valence-electron chi connectivity index (χ1n) is 9.89. The highest BCUT2D eigenvalue weighted by Gasteiger charge is 2.32. The van der Waals surface area contributed by atoms with Crippen molar-refractivity contribution in [3.8, 4) is 11.4 Å². The predicted molar refractivity (Wildman–Crippen MR) is 110 cm³/mol. The third-order valence-corrected chi connectivity index (χ3v) is 5.18. The SMILES string of the molecule is CCc1nc(C(=O)N2CCNCC2c2ccccc2OC)nn1-c1ccccc1. The summed E-state index contributed by atoms with van der Waals surface area (Å²) in [6.45, 7) is 3.99. The van der Waals surface area contributed by atoms with E-state index in [0.717, 1.165) is 29.4 Å². The van der Waals surface area contributed by atoms with E-state index in [4.69, 9.17) is 4.74 Å². The Balaban J connectivity index is 1.68. The Labute approximate surface area is 170 Å². The Hall–Kier alpha value is -3.19. The van der Waals surface area contributed by atoms with E-state index in [1.54, 1.807) is 11.8 Å². The summed E-state index contributed by atoms with van der Waals surface area (Å²) in [5.74, 6) is 1.61. The van der Waals surface area contributed by atoms with Crippen LogP contribution in [0.1, 0.15) is 35.0 Å². The molecule has 1 aromatic heterocycles. The lowest BCUT2D eigenvalue weighted by molar-refractivity contribution is 0.0619. The Kier molecular flexibility index (Phi) is 5.57. The van der Waals surface area contributed by atoms with E-state index in [1.807, 2.05) is 66.4 Å². The zero-order valence-electron chi connectivity index (χ0n) is 16.7. The van der Waals surface area contributed by atoms with Crippen LogP contribution in [0.15, 0.2) is 54.6 Å². The van der Waals surface area contributed by atoms with Crippen molar-refractivity contribution in [2.24, 2.45) is 0 Å². The Morgan fingerprint density at radius 1 is 1.17 bits per heavy atom. The second-order valence-corrected chi connectivity index (χ2v) is 6.91. The van der Waals surface area contributed by atoms with Crippen LogP contribution in [-0.4, -0.2) is 52.3 Å². The average Bonchev–Trinajstić information content (AvgIpc) is 3.23. The maximum Gasteiger partial charge on any atom is 0.294 e. The maximum absolute atomic E-state index is 13.4. The summed E-state index contributed by atoms with van der Waals surface area (Å²) in [6, 6.07) is 17.5. The molecule has 1 unspecified atom stereocenters. The molecule has 29 heavy (non-hydrogen) atoms. The van der Waals surface area contributed by atoms with Crippen molar-refractivity contribution in [2.75, 3.05) is 26.7 Å². The molecule has 2 heterocycles. The van der Waals surface area contributed by atoms with Gasteiger partial charge in [0.25, 0.3) is 5.91 Å². The molecule has 1 aliphatic heterocycles. The lowest BCUT2D eigenvalue weighted by Crippen LogP contribution is -2.49. The number of aromatic nitrogens is 3. The summed E-state index contributed by atoms with van der Waals surface area (Å²) in [5.41, 5.74) is 1.88. The highest BCUT2D eigenvalue weighted by molar-refractivity contribution is 5.91. The number of methoxy groups -OCH3 is 1. The van der Waals surface area contributed by atoms with Gasteiger partial charge in [-0.15, -0.1) is 5.10 Å². The Bertz CT molecular complexity index is 986. The number of nitrogens with zero attached hydrogens (tertiary/aromatic N) is 4. The number of aryl methyl sites for hydroxylation is 1. The molecule has 1 aliphatic rings. The van der Waals surface area contributed by atoms with Crippen LogP contribution in [0.5, 0.6) is 5.75 Å². The minimum atomic E-state index is -0.160. The predicted octanol–water partition coefficient (Wildman–Crippen LogP) is 2.62. The smallest absolute Gasteiger partial charge is 0.294 e. The van der Waals surface area contributed by atoms with Gasteiger partial charge in [0.05, 0.1) is 18.8 Å².